The van der Waals surface area contributed by atoms with Crippen molar-refractivity contribution in [1.82, 2.24) is 5.32 Å². The van der Waals surface area contributed by atoms with Crippen molar-refractivity contribution >= 4 is 27.5 Å². The van der Waals surface area contributed by atoms with Crippen LogP contribution in [0.3, 0.4) is 0 Å². The van der Waals surface area contributed by atoms with Gasteiger partial charge < -0.3 is 14.5 Å². The summed E-state index contributed by atoms with van der Waals surface area (Å²) < 4.78 is 12.3. The monoisotopic (exact) mass is 399 g/mol. The van der Waals surface area contributed by atoms with E-state index in [-0.39, 0.29) is 0 Å². The van der Waals surface area contributed by atoms with E-state index >= 15 is 0 Å². The van der Waals surface area contributed by atoms with Crippen LogP contribution >= 0.6 is 27.5 Å². The van der Waals surface area contributed by atoms with Gasteiger partial charge in [-0.1, -0.05) is 40.9 Å². The van der Waals surface area contributed by atoms with Gasteiger partial charge >= 0.3 is 0 Å². The Morgan fingerprint density at radius 1 is 1.17 bits per heavy atom. The van der Waals surface area contributed by atoms with E-state index in [1.165, 1.54) is 6.42 Å². The van der Waals surface area contributed by atoms with E-state index < -0.39 is 0 Å². The third-order valence-electron chi connectivity index (χ3n) is 3.44. The normalized spacial score (nSPS) is 11.1. The lowest BCUT2D eigenvalue weighted by molar-refractivity contribution is 0.128. The lowest BCUT2D eigenvalue weighted by Gasteiger charge is -2.05. The molecule has 2 aromatic rings. The van der Waals surface area contributed by atoms with Crippen molar-refractivity contribution in [1.29, 1.82) is 0 Å². The lowest BCUT2D eigenvalue weighted by atomic mass is 10.2. The van der Waals surface area contributed by atoms with Gasteiger partial charge in [-0.15, -0.1) is 0 Å². The van der Waals surface area contributed by atoms with Gasteiger partial charge in [0.2, 0.25) is 0 Å². The minimum Gasteiger partial charge on any atom is -0.460 e. The highest BCUT2D eigenvalue weighted by Gasteiger charge is 2.08. The lowest BCUT2D eigenvalue weighted by Crippen LogP contribution is -2.16. The predicted molar refractivity (Wildman–Crippen MR) is 98.9 cm³/mol. The first-order valence-electron chi connectivity index (χ1n) is 8.03. The Morgan fingerprint density at radius 2 is 2.00 bits per heavy atom. The van der Waals surface area contributed by atoms with Crippen LogP contribution in [0.4, 0.5) is 0 Å². The Morgan fingerprint density at radius 3 is 2.78 bits per heavy atom. The van der Waals surface area contributed by atoms with Crippen LogP contribution in [0.1, 0.15) is 31.9 Å². The molecule has 0 radical (unpaired) electrons. The molecule has 0 fully saturated rings. The summed E-state index contributed by atoms with van der Waals surface area (Å²) in [7, 11) is 0. The molecule has 0 atom stereocenters. The number of hydrogen-bond donors (Lipinski definition) is 1. The molecule has 0 unspecified atom stereocenters. The standard InChI is InChI=1S/C18H23BrClNO2/c1-2-3-10-22-11-4-9-21-13-15-6-8-18(23-15)16-7-5-14(19)12-17(16)20/h5-8,12,21H,2-4,9-11,13H2,1H3. The maximum Gasteiger partial charge on any atom is 0.135 e. The van der Waals surface area contributed by atoms with Crippen LogP contribution in [-0.2, 0) is 11.3 Å². The Labute approximate surface area is 151 Å². The summed E-state index contributed by atoms with van der Waals surface area (Å²) in [4.78, 5) is 0. The van der Waals surface area contributed by atoms with E-state index in [0.29, 0.717) is 11.6 Å². The minimum atomic E-state index is 0.678. The number of benzene rings is 1. The third kappa shape index (κ3) is 6.30. The average Bonchev–Trinajstić information content (AvgIpc) is 2.98. The number of rotatable bonds is 10. The van der Waals surface area contributed by atoms with Crippen molar-refractivity contribution in [3.63, 3.8) is 0 Å². The fourth-order valence-electron chi connectivity index (χ4n) is 2.17. The molecule has 0 aliphatic heterocycles. The van der Waals surface area contributed by atoms with Crippen molar-refractivity contribution in [2.45, 2.75) is 32.7 Å². The summed E-state index contributed by atoms with van der Waals surface area (Å²) in [6.45, 7) is 5.48. The first-order valence-corrected chi connectivity index (χ1v) is 9.20. The van der Waals surface area contributed by atoms with Crippen LogP contribution in [0, 0.1) is 0 Å². The Hall–Kier alpha value is -0.810. The van der Waals surface area contributed by atoms with Crippen molar-refractivity contribution < 1.29 is 9.15 Å². The van der Waals surface area contributed by atoms with Gasteiger partial charge in [-0.2, -0.15) is 0 Å². The van der Waals surface area contributed by atoms with E-state index in [9.17, 15) is 0 Å². The number of furan rings is 1. The van der Waals surface area contributed by atoms with Crippen molar-refractivity contribution in [3.8, 4) is 11.3 Å². The zero-order valence-electron chi connectivity index (χ0n) is 13.4. The number of hydrogen-bond acceptors (Lipinski definition) is 3. The van der Waals surface area contributed by atoms with Gasteiger partial charge in [0.05, 0.1) is 11.6 Å². The summed E-state index contributed by atoms with van der Waals surface area (Å²) in [5, 5.41) is 4.05. The highest BCUT2D eigenvalue weighted by molar-refractivity contribution is 9.10. The summed E-state index contributed by atoms with van der Waals surface area (Å²) >= 11 is 9.66. The molecule has 0 saturated carbocycles. The molecule has 0 aliphatic rings. The molecule has 0 saturated heterocycles. The summed E-state index contributed by atoms with van der Waals surface area (Å²) in [5.74, 6) is 1.70. The fraction of sp³-hybridized carbons (Fsp3) is 0.444. The van der Waals surface area contributed by atoms with E-state index in [4.69, 9.17) is 20.8 Å². The second kappa shape index (κ2) is 10.1. The number of nitrogens with one attached hydrogen (secondary N) is 1. The van der Waals surface area contributed by atoms with Gasteiger partial charge in [-0.05, 0) is 49.7 Å². The largest absolute Gasteiger partial charge is 0.460 e. The fourth-order valence-corrected chi connectivity index (χ4v) is 2.93. The molecule has 0 spiro atoms. The van der Waals surface area contributed by atoms with Crippen molar-refractivity contribution in [2.75, 3.05) is 19.8 Å². The third-order valence-corrected chi connectivity index (χ3v) is 4.25. The van der Waals surface area contributed by atoms with E-state index in [0.717, 1.165) is 54.2 Å². The molecular weight excluding hydrogens is 378 g/mol. The summed E-state index contributed by atoms with van der Waals surface area (Å²) in [6, 6.07) is 9.73. The van der Waals surface area contributed by atoms with E-state index in [1.807, 2.05) is 30.3 Å². The van der Waals surface area contributed by atoms with Crippen LogP contribution in [0.25, 0.3) is 11.3 Å². The average molecular weight is 401 g/mol. The predicted octanol–water partition coefficient (Wildman–Crippen LogP) is 5.66. The molecule has 0 bridgehead atoms. The van der Waals surface area contributed by atoms with Gasteiger partial charge in [0.15, 0.2) is 0 Å². The Bertz CT molecular complexity index is 600. The molecule has 1 aromatic carbocycles. The van der Waals surface area contributed by atoms with Gasteiger partial charge in [0.1, 0.15) is 11.5 Å². The number of ether oxygens (including phenoxy) is 1. The molecule has 2 rings (SSSR count). The molecule has 5 heteroatoms. The van der Waals surface area contributed by atoms with Gasteiger partial charge in [-0.25, -0.2) is 0 Å². The van der Waals surface area contributed by atoms with E-state index in [2.05, 4.69) is 28.2 Å². The zero-order chi connectivity index (χ0) is 16.5. The molecule has 1 aromatic heterocycles. The van der Waals surface area contributed by atoms with Gasteiger partial charge in [0, 0.05) is 23.2 Å². The molecule has 0 aliphatic carbocycles. The molecule has 1 N–H and O–H groups in total. The molecule has 23 heavy (non-hydrogen) atoms. The molecular formula is C18H23BrClNO2. The number of unbranched alkanes of at least 4 members (excludes halogenated alkanes) is 1. The molecule has 1 heterocycles. The van der Waals surface area contributed by atoms with Crippen molar-refractivity contribution in [2.24, 2.45) is 0 Å². The van der Waals surface area contributed by atoms with Crippen LogP contribution in [0.2, 0.25) is 5.02 Å². The summed E-state index contributed by atoms with van der Waals surface area (Å²) in [6.07, 6.45) is 3.33. The first-order chi connectivity index (χ1) is 11.2. The smallest absolute Gasteiger partial charge is 0.135 e. The van der Waals surface area contributed by atoms with Crippen molar-refractivity contribution in [3.05, 3.63) is 45.6 Å². The maximum absolute atomic E-state index is 6.25. The zero-order valence-corrected chi connectivity index (χ0v) is 15.8. The van der Waals surface area contributed by atoms with E-state index in [1.54, 1.807) is 0 Å². The quantitative estimate of drug-likeness (QED) is 0.523. The Kier molecular flexibility index (Phi) is 8.17. The minimum absolute atomic E-state index is 0.678. The van der Waals surface area contributed by atoms with Gasteiger partial charge in [0.25, 0.3) is 0 Å². The molecule has 3 nitrogen and oxygen atoms in total. The molecule has 126 valence electrons. The second-order valence-corrected chi connectivity index (χ2v) is 6.71. The topological polar surface area (TPSA) is 34.4 Å². The number of halogens is 2. The second-order valence-electron chi connectivity index (χ2n) is 5.39. The van der Waals surface area contributed by atoms with Crippen LogP contribution < -0.4 is 5.32 Å². The van der Waals surface area contributed by atoms with Gasteiger partial charge in [-0.3, -0.25) is 0 Å². The first kappa shape index (κ1) is 18.5. The van der Waals surface area contributed by atoms with Crippen LogP contribution in [-0.4, -0.2) is 19.8 Å². The summed E-state index contributed by atoms with van der Waals surface area (Å²) in [5.41, 5.74) is 0.908. The van der Waals surface area contributed by atoms with Crippen LogP contribution in [0.15, 0.2) is 39.2 Å². The molecule has 0 amide bonds. The SMILES string of the molecule is CCCCOCCCNCc1ccc(-c2ccc(Br)cc2Cl)o1. The highest BCUT2D eigenvalue weighted by atomic mass is 79.9. The maximum atomic E-state index is 6.25. The Balaban J connectivity index is 1.73. The highest BCUT2D eigenvalue weighted by Crippen LogP contribution is 2.31. The van der Waals surface area contributed by atoms with Crippen LogP contribution in [0.5, 0.6) is 0 Å².